The van der Waals surface area contributed by atoms with Crippen LogP contribution in [-0.4, -0.2) is 38.3 Å². The van der Waals surface area contributed by atoms with E-state index in [4.69, 9.17) is 4.74 Å². The Hall–Kier alpha value is -0.770. The molecule has 0 saturated carbocycles. The van der Waals surface area contributed by atoms with Crippen molar-refractivity contribution in [1.29, 1.82) is 0 Å². The second-order valence-electron chi connectivity index (χ2n) is 4.88. The summed E-state index contributed by atoms with van der Waals surface area (Å²) in [6.07, 6.45) is 1.51. The number of nitrogens with one attached hydrogen (secondary N) is 2. The van der Waals surface area contributed by atoms with Crippen molar-refractivity contribution in [2.24, 2.45) is 16.8 Å². The van der Waals surface area contributed by atoms with E-state index in [1.165, 1.54) is 0 Å². The molecule has 0 aromatic carbocycles. The van der Waals surface area contributed by atoms with Crippen molar-refractivity contribution < 1.29 is 4.74 Å². The fourth-order valence-corrected chi connectivity index (χ4v) is 2.31. The lowest BCUT2D eigenvalue weighted by Gasteiger charge is -2.21. The smallest absolute Gasteiger partial charge is 0.191 e. The van der Waals surface area contributed by atoms with Gasteiger partial charge in [-0.3, -0.25) is 4.99 Å². The monoisotopic (exact) mass is 241 g/mol. The summed E-state index contributed by atoms with van der Waals surface area (Å²) >= 11 is 0. The summed E-state index contributed by atoms with van der Waals surface area (Å²) in [5.41, 5.74) is 0. The van der Waals surface area contributed by atoms with Crippen LogP contribution >= 0.6 is 0 Å². The van der Waals surface area contributed by atoms with Gasteiger partial charge in [-0.1, -0.05) is 13.8 Å². The summed E-state index contributed by atoms with van der Waals surface area (Å²) in [7, 11) is 0. The summed E-state index contributed by atoms with van der Waals surface area (Å²) in [6, 6.07) is 0. The Morgan fingerprint density at radius 1 is 1.29 bits per heavy atom. The van der Waals surface area contributed by atoms with Crippen molar-refractivity contribution in [3.8, 4) is 0 Å². The zero-order chi connectivity index (χ0) is 12.7. The molecule has 0 aromatic heterocycles. The lowest BCUT2D eigenvalue weighted by atomic mass is 9.93. The molecule has 0 radical (unpaired) electrons. The molecular weight excluding hydrogens is 214 g/mol. The van der Waals surface area contributed by atoms with Gasteiger partial charge in [-0.2, -0.15) is 0 Å². The number of aliphatic imine (C=N–C) groups is 1. The van der Waals surface area contributed by atoms with Gasteiger partial charge in [0.25, 0.3) is 0 Å². The molecular formula is C13H27N3O. The van der Waals surface area contributed by atoms with E-state index >= 15 is 0 Å². The van der Waals surface area contributed by atoms with E-state index in [2.05, 4.69) is 43.3 Å². The number of guanidine groups is 1. The van der Waals surface area contributed by atoms with Crippen LogP contribution in [0.5, 0.6) is 0 Å². The van der Waals surface area contributed by atoms with E-state index < -0.39 is 0 Å². The summed E-state index contributed by atoms with van der Waals surface area (Å²) in [4.78, 5) is 4.63. The van der Waals surface area contributed by atoms with Crippen LogP contribution in [0, 0.1) is 11.8 Å². The molecule has 0 aromatic rings. The first-order valence-electron chi connectivity index (χ1n) is 6.82. The molecule has 17 heavy (non-hydrogen) atoms. The molecule has 1 saturated heterocycles. The molecule has 100 valence electrons. The highest BCUT2D eigenvalue weighted by Gasteiger charge is 2.30. The SMILES string of the molecule is CCNC(=NC[C@@H]1CCO[C@H]1C(C)C)NCC. The van der Waals surface area contributed by atoms with E-state index in [0.717, 1.165) is 38.6 Å². The lowest BCUT2D eigenvalue weighted by Crippen LogP contribution is -2.37. The van der Waals surface area contributed by atoms with E-state index in [-0.39, 0.29) is 0 Å². The van der Waals surface area contributed by atoms with Crippen molar-refractivity contribution in [2.45, 2.75) is 40.2 Å². The van der Waals surface area contributed by atoms with Gasteiger partial charge in [0.05, 0.1) is 6.10 Å². The Morgan fingerprint density at radius 3 is 2.47 bits per heavy atom. The first kappa shape index (κ1) is 14.3. The van der Waals surface area contributed by atoms with Gasteiger partial charge >= 0.3 is 0 Å². The van der Waals surface area contributed by atoms with Crippen LogP contribution in [0.15, 0.2) is 4.99 Å². The Kier molecular flexibility index (Phi) is 6.34. The molecule has 0 unspecified atom stereocenters. The molecule has 1 aliphatic heterocycles. The molecule has 0 aliphatic carbocycles. The minimum Gasteiger partial charge on any atom is -0.378 e. The molecule has 4 heteroatoms. The number of hydrogen-bond acceptors (Lipinski definition) is 2. The number of nitrogens with zero attached hydrogens (tertiary/aromatic N) is 1. The number of rotatable bonds is 5. The number of hydrogen-bond donors (Lipinski definition) is 2. The average molecular weight is 241 g/mol. The lowest BCUT2D eigenvalue weighted by molar-refractivity contribution is 0.0559. The van der Waals surface area contributed by atoms with Crippen molar-refractivity contribution in [3.63, 3.8) is 0 Å². The third-order valence-corrected chi connectivity index (χ3v) is 3.09. The number of ether oxygens (including phenoxy) is 1. The molecule has 1 aliphatic rings. The van der Waals surface area contributed by atoms with Gasteiger partial charge in [0.1, 0.15) is 0 Å². The standard InChI is InChI=1S/C13H27N3O/c1-5-14-13(15-6-2)16-9-11-7-8-17-12(11)10(3)4/h10-12H,5-9H2,1-4H3,(H2,14,15,16)/t11-,12-/m0/s1. The van der Waals surface area contributed by atoms with E-state index in [9.17, 15) is 0 Å². The van der Waals surface area contributed by atoms with Crippen LogP contribution in [0.4, 0.5) is 0 Å². The molecule has 1 fully saturated rings. The van der Waals surface area contributed by atoms with Gasteiger partial charge in [0.15, 0.2) is 5.96 Å². The maximum atomic E-state index is 5.77. The van der Waals surface area contributed by atoms with Crippen molar-refractivity contribution in [1.82, 2.24) is 10.6 Å². The highest BCUT2D eigenvalue weighted by Crippen LogP contribution is 2.26. The summed E-state index contributed by atoms with van der Waals surface area (Å²) < 4.78 is 5.77. The van der Waals surface area contributed by atoms with Crippen LogP contribution < -0.4 is 10.6 Å². The van der Waals surface area contributed by atoms with E-state index in [1.54, 1.807) is 0 Å². The first-order valence-corrected chi connectivity index (χ1v) is 6.82. The van der Waals surface area contributed by atoms with Crippen LogP contribution in [0.1, 0.15) is 34.1 Å². The normalized spacial score (nSPS) is 23.8. The molecule has 2 atom stereocenters. The Morgan fingerprint density at radius 2 is 1.94 bits per heavy atom. The van der Waals surface area contributed by atoms with Gasteiger partial charge in [-0.05, 0) is 26.2 Å². The fourth-order valence-electron chi connectivity index (χ4n) is 2.31. The third-order valence-electron chi connectivity index (χ3n) is 3.09. The molecule has 2 N–H and O–H groups in total. The first-order chi connectivity index (χ1) is 8.19. The molecule has 4 nitrogen and oxygen atoms in total. The topological polar surface area (TPSA) is 45.7 Å². The second-order valence-corrected chi connectivity index (χ2v) is 4.88. The van der Waals surface area contributed by atoms with Gasteiger partial charge in [0.2, 0.25) is 0 Å². The molecule has 0 amide bonds. The van der Waals surface area contributed by atoms with Crippen molar-refractivity contribution in [3.05, 3.63) is 0 Å². The summed E-state index contributed by atoms with van der Waals surface area (Å²) in [5.74, 6) is 2.08. The van der Waals surface area contributed by atoms with Gasteiger partial charge < -0.3 is 15.4 Å². The third kappa shape index (κ3) is 4.54. The fraction of sp³-hybridized carbons (Fsp3) is 0.923. The predicted molar refractivity (Wildman–Crippen MR) is 72.3 cm³/mol. The molecule has 0 bridgehead atoms. The largest absolute Gasteiger partial charge is 0.378 e. The minimum absolute atomic E-state index is 0.378. The Bertz CT molecular complexity index is 233. The summed E-state index contributed by atoms with van der Waals surface area (Å²) in [6.45, 7) is 12.2. The van der Waals surface area contributed by atoms with Gasteiger partial charge in [-0.25, -0.2) is 0 Å². The summed E-state index contributed by atoms with van der Waals surface area (Å²) in [5, 5.41) is 6.50. The van der Waals surface area contributed by atoms with Crippen molar-refractivity contribution >= 4 is 5.96 Å². The average Bonchev–Trinajstić information content (AvgIpc) is 2.74. The highest BCUT2D eigenvalue weighted by molar-refractivity contribution is 5.79. The Labute approximate surface area is 105 Å². The van der Waals surface area contributed by atoms with Crippen molar-refractivity contribution in [2.75, 3.05) is 26.2 Å². The molecule has 1 rings (SSSR count). The zero-order valence-corrected chi connectivity index (χ0v) is 11.6. The van der Waals surface area contributed by atoms with Gasteiger partial charge in [-0.15, -0.1) is 0 Å². The van der Waals surface area contributed by atoms with Crippen LogP contribution in [0.25, 0.3) is 0 Å². The Balaban J connectivity index is 2.48. The molecule has 0 spiro atoms. The quantitative estimate of drug-likeness (QED) is 0.568. The van der Waals surface area contributed by atoms with Crippen LogP contribution in [-0.2, 0) is 4.74 Å². The molecule has 1 heterocycles. The van der Waals surface area contributed by atoms with Crippen LogP contribution in [0.2, 0.25) is 0 Å². The minimum atomic E-state index is 0.378. The van der Waals surface area contributed by atoms with Gasteiger partial charge in [0, 0.05) is 32.2 Å². The van der Waals surface area contributed by atoms with E-state index in [1.807, 2.05) is 0 Å². The predicted octanol–water partition coefficient (Wildman–Crippen LogP) is 1.62. The second kappa shape index (κ2) is 7.54. The van der Waals surface area contributed by atoms with Crippen LogP contribution in [0.3, 0.4) is 0 Å². The zero-order valence-electron chi connectivity index (χ0n) is 11.6. The maximum absolute atomic E-state index is 5.77. The highest BCUT2D eigenvalue weighted by atomic mass is 16.5. The maximum Gasteiger partial charge on any atom is 0.191 e. The van der Waals surface area contributed by atoms with E-state index in [0.29, 0.717) is 17.9 Å².